The molecule has 0 aliphatic heterocycles. The fourth-order valence-electron chi connectivity index (χ4n) is 1.90. The van der Waals surface area contributed by atoms with Gasteiger partial charge in [-0.2, -0.15) is 10.5 Å². The molecular weight excluding hydrogens is 160 g/mol. The summed E-state index contributed by atoms with van der Waals surface area (Å²) in [6.45, 7) is 4.29. The Hall–Kier alpha value is -1.28. The summed E-state index contributed by atoms with van der Waals surface area (Å²) in [4.78, 5) is 0. The molecule has 2 heteroatoms. The van der Waals surface area contributed by atoms with Gasteiger partial charge in [0.1, 0.15) is 17.7 Å². The smallest absolute Gasteiger partial charge is 0.129 e. The predicted octanol–water partition coefficient (Wildman–Crippen LogP) is 2.79. The number of allylic oxidation sites excluding steroid dienone is 2. The Morgan fingerprint density at radius 3 is 2.38 bits per heavy atom. The molecule has 2 nitrogen and oxygen atoms in total. The van der Waals surface area contributed by atoms with Gasteiger partial charge in [-0.1, -0.05) is 13.8 Å². The van der Waals surface area contributed by atoms with E-state index in [1.807, 2.05) is 12.1 Å². The quantitative estimate of drug-likeness (QED) is 0.530. The first-order valence-corrected chi connectivity index (χ1v) is 4.72. The van der Waals surface area contributed by atoms with E-state index < -0.39 is 0 Å². The molecule has 68 valence electrons. The van der Waals surface area contributed by atoms with Crippen molar-refractivity contribution < 1.29 is 0 Å². The van der Waals surface area contributed by atoms with Crippen LogP contribution in [-0.2, 0) is 0 Å². The first-order valence-electron chi connectivity index (χ1n) is 4.72. The van der Waals surface area contributed by atoms with E-state index in [2.05, 4.69) is 13.8 Å². The van der Waals surface area contributed by atoms with E-state index in [0.717, 1.165) is 18.4 Å². The molecule has 0 N–H and O–H groups in total. The van der Waals surface area contributed by atoms with E-state index in [1.165, 1.54) is 6.42 Å². The summed E-state index contributed by atoms with van der Waals surface area (Å²) < 4.78 is 0. The number of hydrogen-bond acceptors (Lipinski definition) is 2. The van der Waals surface area contributed by atoms with Crippen molar-refractivity contribution in [2.45, 2.75) is 33.1 Å². The summed E-state index contributed by atoms with van der Waals surface area (Å²) in [7, 11) is 0. The van der Waals surface area contributed by atoms with Gasteiger partial charge in [0.25, 0.3) is 0 Å². The van der Waals surface area contributed by atoms with Crippen LogP contribution in [0.5, 0.6) is 0 Å². The van der Waals surface area contributed by atoms with Crippen molar-refractivity contribution in [3.8, 4) is 12.1 Å². The molecule has 2 atom stereocenters. The van der Waals surface area contributed by atoms with Gasteiger partial charge < -0.3 is 0 Å². The minimum atomic E-state index is 0.346. The third-order valence-corrected chi connectivity index (χ3v) is 2.80. The maximum Gasteiger partial charge on any atom is 0.129 e. The van der Waals surface area contributed by atoms with Crippen molar-refractivity contribution in [1.29, 1.82) is 10.5 Å². The number of rotatable bonds is 0. The van der Waals surface area contributed by atoms with E-state index in [4.69, 9.17) is 10.5 Å². The molecule has 0 aromatic heterocycles. The fraction of sp³-hybridized carbons (Fsp3) is 0.636. The van der Waals surface area contributed by atoms with Gasteiger partial charge in [-0.3, -0.25) is 0 Å². The molecule has 1 saturated carbocycles. The van der Waals surface area contributed by atoms with Crippen molar-refractivity contribution in [2.24, 2.45) is 11.8 Å². The molecule has 0 bridgehead atoms. The van der Waals surface area contributed by atoms with Crippen molar-refractivity contribution in [3.05, 3.63) is 11.1 Å². The van der Waals surface area contributed by atoms with Crippen LogP contribution < -0.4 is 0 Å². The first kappa shape index (κ1) is 9.81. The molecule has 1 aliphatic rings. The minimum absolute atomic E-state index is 0.346. The van der Waals surface area contributed by atoms with E-state index >= 15 is 0 Å². The van der Waals surface area contributed by atoms with Gasteiger partial charge in [0.05, 0.1) is 0 Å². The molecule has 1 aliphatic carbocycles. The lowest BCUT2D eigenvalue weighted by Gasteiger charge is -2.26. The second-order valence-corrected chi connectivity index (χ2v) is 3.91. The molecule has 0 heterocycles. The zero-order valence-corrected chi connectivity index (χ0v) is 8.17. The van der Waals surface area contributed by atoms with Gasteiger partial charge in [-0.05, 0) is 36.7 Å². The summed E-state index contributed by atoms with van der Waals surface area (Å²) >= 11 is 0. The zero-order valence-electron chi connectivity index (χ0n) is 8.17. The molecule has 0 spiro atoms. The van der Waals surface area contributed by atoms with Crippen LogP contribution in [0.2, 0.25) is 0 Å². The Morgan fingerprint density at radius 1 is 1.23 bits per heavy atom. The van der Waals surface area contributed by atoms with Crippen LogP contribution in [0, 0.1) is 34.5 Å². The Labute approximate surface area is 79.5 Å². The van der Waals surface area contributed by atoms with Crippen LogP contribution in [0.1, 0.15) is 33.1 Å². The van der Waals surface area contributed by atoms with Crippen LogP contribution in [-0.4, -0.2) is 0 Å². The van der Waals surface area contributed by atoms with Crippen LogP contribution >= 0.6 is 0 Å². The lowest BCUT2D eigenvalue weighted by molar-refractivity contribution is 0.385. The monoisotopic (exact) mass is 174 g/mol. The number of nitrogens with zero attached hydrogens (tertiary/aromatic N) is 2. The first-order chi connectivity index (χ1) is 6.19. The van der Waals surface area contributed by atoms with Crippen LogP contribution in [0.3, 0.4) is 0 Å². The lowest BCUT2D eigenvalue weighted by Crippen LogP contribution is -2.14. The average Bonchev–Trinajstić information content (AvgIpc) is 2.13. The highest BCUT2D eigenvalue weighted by Gasteiger charge is 2.22. The summed E-state index contributed by atoms with van der Waals surface area (Å²) in [5.74, 6) is 1.05. The van der Waals surface area contributed by atoms with Gasteiger partial charge in [-0.15, -0.1) is 0 Å². The van der Waals surface area contributed by atoms with Crippen molar-refractivity contribution in [1.82, 2.24) is 0 Å². The van der Waals surface area contributed by atoms with Crippen LogP contribution in [0.15, 0.2) is 11.1 Å². The Kier molecular flexibility index (Phi) is 3.09. The summed E-state index contributed by atoms with van der Waals surface area (Å²) in [5, 5.41) is 17.5. The Balaban J connectivity index is 2.95. The van der Waals surface area contributed by atoms with Crippen molar-refractivity contribution >= 4 is 0 Å². The van der Waals surface area contributed by atoms with Gasteiger partial charge in [0, 0.05) is 0 Å². The van der Waals surface area contributed by atoms with E-state index in [0.29, 0.717) is 17.4 Å². The predicted molar refractivity (Wildman–Crippen MR) is 50.4 cm³/mol. The van der Waals surface area contributed by atoms with Crippen molar-refractivity contribution in [2.75, 3.05) is 0 Å². The highest BCUT2D eigenvalue weighted by molar-refractivity contribution is 5.41. The molecule has 0 unspecified atom stereocenters. The molecule has 0 aromatic rings. The maximum absolute atomic E-state index is 8.75. The highest BCUT2D eigenvalue weighted by Crippen LogP contribution is 2.34. The topological polar surface area (TPSA) is 47.6 Å². The van der Waals surface area contributed by atoms with Gasteiger partial charge in [0.2, 0.25) is 0 Å². The Bertz CT molecular complexity index is 285. The van der Waals surface area contributed by atoms with Gasteiger partial charge in [-0.25, -0.2) is 0 Å². The van der Waals surface area contributed by atoms with E-state index in [-0.39, 0.29) is 0 Å². The molecule has 13 heavy (non-hydrogen) atoms. The fourth-order valence-corrected chi connectivity index (χ4v) is 1.90. The summed E-state index contributed by atoms with van der Waals surface area (Å²) in [6, 6.07) is 3.98. The normalized spacial score (nSPS) is 27.5. The third-order valence-electron chi connectivity index (χ3n) is 2.80. The maximum atomic E-state index is 8.75. The van der Waals surface area contributed by atoms with Crippen molar-refractivity contribution in [3.63, 3.8) is 0 Å². The highest BCUT2D eigenvalue weighted by atomic mass is 14.3. The summed E-state index contributed by atoms with van der Waals surface area (Å²) in [6.07, 6.45) is 3.26. The zero-order chi connectivity index (χ0) is 9.84. The van der Waals surface area contributed by atoms with Gasteiger partial charge >= 0.3 is 0 Å². The second-order valence-electron chi connectivity index (χ2n) is 3.91. The van der Waals surface area contributed by atoms with Gasteiger partial charge in [0.15, 0.2) is 0 Å². The Morgan fingerprint density at radius 2 is 1.85 bits per heavy atom. The molecule has 1 fully saturated rings. The molecular formula is C11H14N2. The average molecular weight is 174 g/mol. The number of nitriles is 2. The minimum Gasteiger partial charge on any atom is -0.192 e. The molecule has 0 aromatic carbocycles. The van der Waals surface area contributed by atoms with Crippen LogP contribution in [0.4, 0.5) is 0 Å². The molecule has 0 amide bonds. The second kappa shape index (κ2) is 4.10. The SMILES string of the molecule is C[C@H]1CC[C@H](C)C(=C(C#N)C#N)C1. The molecule has 0 saturated heterocycles. The molecule has 0 radical (unpaired) electrons. The summed E-state index contributed by atoms with van der Waals surface area (Å²) in [5.41, 5.74) is 1.42. The standard InChI is InChI=1S/C11H14N2/c1-8-3-4-9(2)11(5-8)10(6-12)7-13/h8-9H,3-5H2,1-2H3/t8-,9-/m0/s1. The van der Waals surface area contributed by atoms with E-state index in [9.17, 15) is 0 Å². The third kappa shape index (κ3) is 2.10. The van der Waals surface area contributed by atoms with Crippen LogP contribution in [0.25, 0.3) is 0 Å². The number of hydrogen-bond donors (Lipinski definition) is 0. The lowest BCUT2D eigenvalue weighted by atomic mass is 9.78. The largest absolute Gasteiger partial charge is 0.192 e. The van der Waals surface area contributed by atoms with E-state index in [1.54, 1.807) is 0 Å². The molecule has 1 rings (SSSR count).